The summed E-state index contributed by atoms with van der Waals surface area (Å²) in [6.07, 6.45) is -3.81. The van der Waals surface area contributed by atoms with Crippen molar-refractivity contribution < 1.29 is 17.6 Å². The number of aromatic nitrogens is 1. The average molecular weight is 350 g/mol. The van der Waals surface area contributed by atoms with Crippen molar-refractivity contribution in [2.45, 2.75) is 12.7 Å². The lowest BCUT2D eigenvalue weighted by Crippen LogP contribution is -2.22. The van der Waals surface area contributed by atoms with Gasteiger partial charge in [0.1, 0.15) is 5.82 Å². The lowest BCUT2D eigenvalue weighted by Gasteiger charge is -2.11. The maximum Gasteiger partial charge on any atom is 0.417 e. The molecule has 0 radical (unpaired) electrons. The van der Waals surface area contributed by atoms with Crippen LogP contribution < -0.4 is 5.56 Å². The van der Waals surface area contributed by atoms with Gasteiger partial charge in [-0.25, -0.2) is 4.39 Å². The van der Waals surface area contributed by atoms with E-state index in [4.69, 9.17) is 0 Å². The fourth-order valence-corrected chi connectivity index (χ4v) is 2.07. The van der Waals surface area contributed by atoms with Crippen molar-refractivity contribution in [3.8, 4) is 0 Å². The summed E-state index contributed by atoms with van der Waals surface area (Å²) in [7, 11) is 0. The Morgan fingerprint density at radius 2 is 1.85 bits per heavy atom. The van der Waals surface area contributed by atoms with E-state index in [2.05, 4.69) is 15.9 Å². The molecule has 0 bridgehead atoms. The highest BCUT2D eigenvalue weighted by atomic mass is 79.9. The largest absolute Gasteiger partial charge is 0.417 e. The van der Waals surface area contributed by atoms with Gasteiger partial charge in [0.15, 0.2) is 0 Å². The van der Waals surface area contributed by atoms with E-state index >= 15 is 0 Å². The molecule has 0 N–H and O–H groups in total. The lowest BCUT2D eigenvalue weighted by molar-refractivity contribution is -0.138. The highest BCUT2D eigenvalue weighted by Crippen LogP contribution is 2.28. The summed E-state index contributed by atoms with van der Waals surface area (Å²) in [5.74, 6) is -0.539. The number of rotatable bonds is 2. The maximum atomic E-state index is 13.3. The molecule has 0 aliphatic heterocycles. The third-order valence-corrected chi connectivity index (χ3v) is 3.57. The van der Waals surface area contributed by atoms with Crippen LogP contribution in [-0.2, 0) is 12.7 Å². The van der Waals surface area contributed by atoms with Gasteiger partial charge in [0.25, 0.3) is 5.56 Å². The smallest absolute Gasteiger partial charge is 0.310 e. The Balaban J connectivity index is 2.43. The third-order valence-electron chi connectivity index (χ3n) is 2.68. The first kappa shape index (κ1) is 14.8. The Hall–Kier alpha value is -1.63. The molecule has 0 saturated heterocycles. The maximum absolute atomic E-state index is 13.3. The molecular formula is C13H8BrF4NO. The first-order chi connectivity index (χ1) is 9.29. The zero-order valence-corrected chi connectivity index (χ0v) is 11.5. The molecule has 1 aromatic heterocycles. The van der Waals surface area contributed by atoms with Gasteiger partial charge in [-0.2, -0.15) is 13.2 Å². The highest BCUT2D eigenvalue weighted by molar-refractivity contribution is 9.10. The standard InChI is InChI=1S/C13H8BrF4NO/c14-12-8(2-1-3-10(12)15)6-19-7-9(13(16,17)18)4-5-11(19)20/h1-5,7H,6H2. The fourth-order valence-electron chi connectivity index (χ4n) is 1.68. The molecule has 7 heteroatoms. The van der Waals surface area contributed by atoms with Gasteiger partial charge in [0.05, 0.1) is 16.6 Å². The zero-order chi connectivity index (χ0) is 14.9. The quantitative estimate of drug-likeness (QED) is 0.755. The summed E-state index contributed by atoms with van der Waals surface area (Å²) in [4.78, 5) is 11.6. The van der Waals surface area contributed by atoms with Crippen LogP contribution in [0.15, 0.2) is 45.8 Å². The Bertz CT molecular complexity index is 694. The predicted molar refractivity (Wildman–Crippen MR) is 68.9 cm³/mol. The van der Waals surface area contributed by atoms with Crippen molar-refractivity contribution >= 4 is 15.9 Å². The molecule has 0 amide bonds. The van der Waals surface area contributed by atoms with Crippen LogP contribution >= 0.6 is 15.9 Å². The number of benzene rings is 1. The number of alkyl halides is 3. The molecule has 0 fully saturated rings. The second-order valence-corrected chi connectivity index (χ2v) is 4.89. The lowest BCUT2D eigenvalue weighted by atomic mass is 10.2. The van der Waals surface area contributed by atoms with E-state index in [1.54, 1.807) is 0 Å². The molecule has 20 heavy (non-hydrogen) atoms. The Morgan fingerprint density at radius 3 is 2.50 bits per heavy atom. The van der Waals surface area contributed by atoms with Crippen molar-refractivity contribution in [3.63, 3.8) is 0 Å². The topological polar surface area (TPSA) is 22.0 Å². The van der Waals surface area contributed by atoms with Crippen LogP contribution in [0.3, 0.4) is 0 Å². The molecule has 0 unspecified atom stereocenters. The van der Waals surface area contributed by atoms with Gasteiger partial charge in [-0.05, 0) is 33.6 Å². The number of hydrogen-bond acceptors (Lipinski definition) is 1. The number of hydrogen-bond donors (Lipinski definition) is 0. The van der Waals surface area contributed by atoms with Crippen LogP contribution in [0.4, 0.5) is 17.6 Å². The van der Waals surface area contributed by atoms with Crippen molar-refractivity contribution in [3.05, 3.63) is 68.3 Å². The molecule has 0 spiro atoms. The van der Waals surface area contributed by atoms with Gasteiger partial charge in [-0.1, -0.05) is 12.1 Å². The van der Waals surface area contributed by atoms with Crippen LogP contribution in [0.5, 0.6) is 0 Å². The first-order valence-corrected chi connectivity index (χ1v) is 6.29. The van der Waals surface area contributed by atoms with Crippen molar-refractivity contribution in [1.29, 1.82) is 0 Å². The molecule has 2 rings (SSSR count). The van der Waals surface area contributed by atoms with Gasteiger partial charge >= 0.3 is 6.18 Å². The number of pyridine rings is 1. The zero-order valence-electron chi connectivity index (χ0n) is 9.92. The van der Waals surface area contributed by atoms with E-state index in [1.807, 2.05) is 0 Å². The van der Waals surface area contributed by atoms with Crippen LogP contribution in [0, 0.1) is 5.82 Å². The molecule has 0 saturated carbocycles. The average Bonchev–Trinajstić information content (AvgIpc) is 2.36. The minimum absolute atomic E-state index is 0.129. The SMILES string of the molecule is O=c1ccc(C(F)(F)F)cn1Cc1cccc(F)c1Br. The van der Waals surface area contributed by atoms with E-state index in [-0.39, 0.29) is 11.0 Å². The Labute approximate surface area is 119 Å². The molecular weight excluding hydrogens is 342 g/mol. The van der Waals surface area contributed by atoms with Crippen LogP contribution in [0.2, 0.25) is 0 Å². The summed E-state index contributed by atoms with van der Waals surface area (Å²) in [5, 5.41) is 0. The van der Waals surface area contributed by atoms with E-state index in [9.17, 15) is 22.4 Å². The van der Waals surface area contributed by atoms with Crippen molar-refractivity contribution in [2.24, 2.45) is 0 Å². The second-order valence-electron chi connectivity index (χ2n) is 4.09. The molecule has 1 aromatic carbocycles. The van der Waals surface area contributed by atoms with Crippen molar-refractivity contribution in [2.75, 3.05) is 0 Å². The normalized spacial score (nSPS) is 11.7. The number of halogens is 5. The molecule has 106 valence electrons. The summed E-state index contributed by atoms with van der Waals surface area (Å²) >= 11 is 3.01. The predicted octanol–water partition coefficient (Wildman–Crippen LogP) is 3.82. The minimum Gasteiger partial charge on any atom is -0.310 e. The molecule has 1 heterocycles. The molecule has 0 aliphatic carbocycles. The highest BCUT2D eigenvalue weighted by Gasteiger charge is 2.31. The van der Waals surface area contributed by atoms with Gasteiger partial charge in [0.2, 0.25) is 0 Å². The minimum atomic E-state index is -4.53. The summed E-state index contributed by atoms with van der Waals surface area (Å²) < 4.78 is 52.1. The van der Waals surface area contributed by atoms with Gasteiger partial charge in [-0.15, -0.1) is 0 Å². The van der Waals surface area contributed by atoms with E-state index < -0.39 is 23.1 Å². The molecule has 0 aliphatic rings. The Kier molecular flexibility index (Phi) is 3.99. The van der Waals surface area contributed by atoms with E-state index in [0.29, 0.717) is 5.56 Å². The number of nitrogens with zero attached hydrogens (tertiary/aromatic N) is 1. The Morgan fingerprint density at radius 1 is 1.15 bits per heavy atom. The van der Waals surface area contributed by atoms with Gasteiger partial charge in [-0.3, -0.25) is 4.79 Å². The summed E-state index contributed by atoms with van der Waals surface area (Å²) in [5.41, 5.74) is -1.13. The molecule has 2 nitrogen and oxygen atoms in total. The van der Waals surface area contributed by atoms with Crippen molar-refractivity contribution in [1.82, 2.24) is 4.57 Å². The summed E-state index contributed by atoms with van der Waals surface area (Å²) in [6.45, 7) is -0.152. The third kappa shape index (κ3) is 3.09. The first-order valence-electron chi connectivity index (χ1n) is 5.49. The monoisotopic (exact) mass is 349 g/mol. The van der Waals surface area contributed by atoms with Gasteiger partial charge in [0, 0.05) is 12.3 Å². The van der Waals surface area contributed by atoms with Gasteiger partial charge < -0.3 is 4.57 Å². The fraction of sp³-hybridized carbons (Fsp3) is 0.154. The molecule has 2 aromatic rings. The van der Waals surface area contributed by atoms with Crippen LogP contribution in [-0.4, -0.2) is 4.57 Å². The van der Waals surface area contributed by atoms with E-state index in [1.165, 1.54) is 18.2 Å². The summed E-state index contributed by atoms with van der Waals surface area (Å²) in [6, 6.07) is 5.73. The molecule has 0 atom stereocenters. The second kappa shape index (κ2) is 5.40. The van der Waals surface area contributed by atoms with E-state index in [0.717, 1.165) is 22.9 Å². The van der Waals surface area contributed by atoms with Crippen LogP contribution in [0.1, 0.15) is 11.1 Å². The van der Waals surface area contributed by atoms with Crippen LogP contribution in [0.25, 0.3) is 0 Å².